The number of carbonyl (C=O) groups excluding carboxylic acids is 1. The van der Waals surface area contributed by atoms with E-state index in [2.05, 4.69) is 10.2 Å². The van der Waals surface area contributed by atoms with Crippen molar-refractivity contribution >= 4 is 11.7 Å². The predicted octanol–water partition coefficient (Wildman–Crippen LogP) is 3.80. The van der Waals surface area contributed by atoms with Crippen molar-refractivity contribution in [1.82, 2.24) is 10.2 Å². The lowest BCUT2D eigenvalue weighted by molar-refractivity contribution is -0.384. The van der Waals surface area contributed by atoms with E-state index in [0.29, 0.717) is 5.56 Å². The minimum atomic E-state index is -0.706. The Morgan fingerprint density at radius 2 is 1.81 bits per heavy atom. The van der Waals surface area contributed by atoms with Gasteiger partial charge in [-0.2, -0.15) is 0 Å². The van der Waals surface area contributed by atoms with E-state index in [4.69, 9.17) is 9.15 Å². The summed E-state index contributed by atoms with van der Waals surface area (Å²) in [5.74, 6) is -0.0524. The molecule has 3 rings (SSSR count). The van der Waals surface area contributed by atoms with Crippen LogP contribution in [0, 0.1) is 17.0 Å². The third-order valence-corrected chi connectivity index (χ3v) is 3.89. The highest BCUT2D eigenvalue weighted by molar-refractivity contribution is 5.72. The standard InChI is InChI=1S/C19H17N3O5/c1-12-3-5-14(6-4-12)11-17(23)26-13(2)18-20-21-19(27-18)15-7-9-16(10-8-15)22(24)25/h3-10,13H,11H2,1-2H3/t13-/m1/s1. The first kappa shape index (κ1) is 18.2. The second-order valence-electron chi connectivity index (χ2n) is 6.04. The van der Waals surface area contributed by atoms with Gasteiger partial charge in [0.1, 0.15) is 0 Å². The first-order chi connectivity index (χ1) is 12.9. The van der Waals surface area contributed by atoms with E-state index < -0.39 is 17.0 Å². The van der Waals surface area contributed by atoms with Crippen molar-refractivity contribution in [3.8, 4) is 11.5 Å². The van der Waals surface area contributed by atoms with Crippen LogP contribution in [0.4, 0.5) is 5.69 Å². The molecule has 0 saturated carbocycles. The fraction of sp³-hybridized carbons (Fsp3) is 0.211. The van der Waals surface area contributed by atoms with Gasteiger partial charge < -0.3 is 9.15 Å². The van der Waals surface area contributed by atoms with Crippen molar-refractivity contribution in [2.45, 2.75) is 26.4 Å². The molecule has 8 nitrogen and oxygen atoms in total. The van der Waals surface area contributed by atoms with Crippen molar-refractivity contribution < 1.29 is 18.9 Å². The number of nitrogens with zero attached hydrogens (tertiary/aromatic N) is 3. The Kier molecular flexibility index (Phi) is 5.25. The van der Waals surface area contributed by atoms with Gasteiger partial charge in [-0.3, -0.25) is 14.9 Å². The zero-order valence-electron chi connectivity index (χ0n) is 14.8. The van der Waals surface area contributed by atoms with Gasteiger partial charge in [0.2, 0.25) is 5.89 Å². The third-order valence-electron chi connectivity index (χ3n) is 3.89. The van der Waals surface area contributed by atoms with Crippen molar-refractivity contribution in [3.05, 3.63) is 75.7 Å². The van der Waals surface area contributed by atoms with Crippen LogP contribution in [0.15, 0.2) is 52.9 Å². The highest BCUT2D eigenvalue weighted by Gasteiger charge is 2.19. The van der Waals surface area contributed by atoms with E-state index in [-0.39, 0.29) is 23.9 Å². The monoisotopic (exact) mass is 367 g/mol. The Morgan fingerprint density at radius 3 is 2.44 bits per heavy atom. The largest absolute Gasteiger partial charge is 0.452 e. The van der Waals surface area contributed by atoms with Gasteiger partial charge >= 0.3 is 5.97 Å². The van der Waals surface area contributed by atoms with E-state index in [1.54, 1.807) is 6.92 Å². The Hall–Kier alpha value is -3.55. The van der Waals surface area contributed by atoms with E-state index in [0.717, 1.165) is 11.1 Å². The summed E-state index contributed by atoms with van der Waals surface area (Å²) in [6.07, 6.45) is -0.559. The Morgan fingerprint density at radius 1 is 1.15 bits per heavy atom. The zero-order chi connectivity index (χ0) is 19.4. The Balaban J connectivity index is 1.63. The maximum atomic E-state index is 12.1. The average Bonchev–Trinajstić information content (AvgIpc) is 3.14. The van der Waals surface area contributed by atoms with E-state index in [9.17, 15) is 14.9 Å². The maximum Gasteiger partial charge on any atom is 0.311 e. The molecule has 0 bridgehead atoms. The number of nitro groups is 1. The minimum Gasteiger partial charge on any atom is -0.452 e. The first-order valence-corrected chi connectivity index (χ1v) is 8.25. The van der Waals surface area contributed by atoms with Gasteiger partial charge in [-0.15, -0.1) is 10.2 Å². The molecule has 0 aliphatic carbocycles. The molecule has 0 spiro atoms. The summed E-state index contributed by atoms with van der Waals surface area (Å²) in [5, 5.41) is 18.5. The molecule has 3 aromatic rings. The van der Waals surface area contributed by atoms with Crippen LogP contribution >= 0.6 is 0 Å². The first-order valence-electron chi connectivity index (χ1n) is 8.25. The van der Waals surface area contributed by atoms with Crippen LogP contribution in [0.3, 0.4) is 0 Å². The third kappa shape index (κ3) is 4.55. The highest BCUT2D eigenvalue weighted by atomic mass is 16.6. The quantitative estimate of drug-likeness (QED) is 0.370. The topological polar surface area (TPSA) is 108 Å². The van der Waals surface area contributed by atoms with Crippen LogP contribution in [0.25, 0.3) is 11.5 Å². The molecule has 0 aliphatic heterocycles. The maximum absolute atomic E-state index is 12.1. The number of ether oxygens (including phenoxy) is 1. The van der Waals surface area contributed by atoms with Crippen LogP contribution in [0.1, 0.15) is 30.0 Å². The molecule has 0 aliphatic rings. The number of rotatable bonds is 6. The molecule has 138 valence electrons. The number of aromatic nitrogens is 2. The number of aryl methyl sites for hydroxylation is 1. The van der Waals surface area contributed by atoms with Crippen LogP contribution < -0.4 is 0 Å². The molecule has 0 fully saturated rings. The van der Waals surface area contributed by atoms with Crippen LogP contribution in [-0.4, -0.2) is 21.1 Å². The van der Waals surface area contributed by atoms with Gasteiger partial charge in [0, 0.05) is 17.7 Å². The van der Waals surface area contributed by atoms with Crippen LogP contribution in [0.2, 0.25) is 0 Å². The molecule has 27 heavy (non-hydrogen) atoms. The summed E-state index contributed by atoms with van der Waals surface area (Å²) in [5.41, 5.74) is 2.48. The van der Waals surface area contributed by atoms with Crippen molar-refractivity contribution in [1.29, 1.82) is 0 Å². The second-order valence-corrected chi connectivity index (χ2v) is 6.04. The SMILES string of the molecule is Cc1ccc(CC(=O)O[C@H](C)c2nnc(-c3ccc([N+](=O)[O-])cc3)o2)cc1. The van der Waals surface area contributed by atoms with E-state index in [1.807, 2.05) is 31.2 Å². The normalized spacial score (nSPS) is 11.8. The average molecular weight is 367 g/mol. The lowest BCUT2D eigenvalue weighted by Crippen LogP contribution is -2.11. The predicted molar refractivity (Wildman–Crippen MR) is 95.8 cm³/mol. The smallest absolute Gasteiger partial charge is 0.311 e. The fourth-order valence-electron chi connectivity index (χ4n) is 2.40. The summed E-state index contributed by atoms with van der Waals surface area (Å²) in [6.45, 7) is 3.61. The molecular formula is C19H17N3O5. The number of carbonyl (C=O) groups is 1. The van der Waals surface area contributed by atoms with Gasteiger partial charge in [-0.1, -0.05) is 29.8 Å². The molecule has 1 atom stereocenters. The molecule has 0 saturated heterocycles. The van der Waals surface area contributed by atoms with E-state index >= 15 is 0 Å². The van der Waals surface area contributed by atoms with Gasteiger partial charge in [-0.25, -0.2) is 0 Å². The summed E-state index contributed by atoms with van der Waals surface area (Å²) in [6, 6.07) is 13.4. The summed E-state index contributed by atoms with van der Waals surface area (Å²) < 4.78 is 10.9. The summed E-state index contributed by atoms with van der Waals surface area (Å²) in [7, 11) is 0. The van der Waals surface area contributed by atoms with E-state index in [1.165, 1.54) is 24.3 Å². The molecule has 8 heteroatoms. The van der Waals surface area contributed by atoms with Crippen LogP contribution in [0.5, 0.6) is 0 Å². The molecule has 0 unspecified atom stereocenters. The lowest BCUT2D eigenvalue weighted by atomic mass is 10.1. The minimum absolute atomic E-state index is 0.0307. The zero-order valence-corrected chi connectivity index (χ0v) is 14.8. The molecule has 0 amide bonds. The molecular weight excluding hydrogens is 350 g/mol. The van der Waals surface area contributed by atoms with Crippen molar-refractivity contribution in [3.63, 3.8) is 0 Å². The van der Waals surface area contributed by atoms with Crippen LogP contribution in [-0.2, 0) is 16.0 Å². The molecule has 2 aromatic carbocycles. The highest BCUT2D eigenvalue weighted by Crippen LogP contribution is 2.24. The summed E-state index contributed by atoms with van der Waals surface area (Å²) in [4.78, 5) is 22.3. The van der Waals surface area contributed by atoms with Gasteiger partial charge in [0.05, 0.1) is 11.3 Å². The molecule has 1 heterocycles. The summed E-state index contributed by atoms with van der Waals surface area (Å²) >= 11 is 0. The Labute approximate surface area is 155 Å². The number of non-ortho nitro benzene ring substituents is 1. The molecule has 0 N–H and O–H groups in total. The van der Waals surface area contributed by atoms with Gasteiger partial charge in [0.25, 0.3) is 11.6 Å². The number of benzene rings is 2. The van der Waals surface area contributed by atoms with Crippen molar-refractivity contribution in [2.75, 3.05) is 0 Å². The molecule has 0 radical (unpaired) electrons. The number of hydrogen-bond donors (Lipinski definition) is 0. The number of hydrogen-bond acceptors (Lipinski definition) is 7. The lowest BCUT2D eigenvalue weighted by Gasteiger charge is -2.09. The van der Waals surface area contributed by atoms with Crippen molar-refractivity contribution in [2.24, 2.45) is 0 Å². The second kappa shape index (κ2) is 7.77. The molecule has 1 aromatic heterocycles. The number of nitro benzene ring substituents is 1. The van der Waals surface area contributed by atoms with Gasteiger partial charge in [-0.05, 0) is 31.5 Å². The fourth-order valence-corrected chi connectivity index (χ4v) is 2.40. The van der Waals surface area contributed by atoms with Gasteiger partial charge in [0.15, 0.2) is 6.10 Å². The number of esters is 1. The Bertz CT molecular complexity index is 948.